The van der Waals surface area contributed by atoms with Gasteiger partial charge in [0.05, 0.1) is 5.56 Å². The number of carbonyl (C=O) groups is 3. The first-order valence-corrected chi connectivity index (χ1v) is 8.99. The topological polar surface area (TPSA) is 108 Å². The van der Waals surface area contributed by atoms with Gasteiger partial charge in [-0.25, -0.2) is 4.79 Å². The Hall–Kier alpha value is -2.77. The van der Waals surface area contributed by atoms with Gasteiger partial charge in [-0.15, -0.1) is 0 Å². The van der Waals surface area contributed by atoms with Crippen LogP contribution >= 0.6 is 0 Å². The molecule has 8 heteroatoms. The zero-order valence-corrected chi connectivity index (χ0v) is 15.9. The number of alkyl carbamates (subject to hydrolysis) is 1. The van der Waals surface area contributed by atoms with Crippen molar-refractivity contribution in [2.24, 2.45) is 0 Å². The number of likely N-dealkylation sites (tertiary alicyclic amines) is 1. The van der Waals surface area contributed by atoms with Gasteiger partial charge in [0.25, 0.3) is 5.91 Å². The van der Waals surface area contributed by atoms with Crippen molar-refractivity contribution in [3.05, 3.63) is 29.8 Å². The first-order valence-electron chi connectivity index (χ1n) is 8.99. The fraction of sp³-hybridized carbons (Fsp3) is 0.526. The van der Waals surface area contributed by atoms with Gasteiger partial charge in [-0.1, -0.05) is 12.1 Å². The molecule has 0 saturated carbocycles. The van der Waals surface area contributed by atoms with Crippen LogP contribution in [0.2, 0.25) is 0 Å². The minimum atomic E-state index is -0.624. The molecule has 0 unspecified atom stereocenters. The van der Waals surface area contributed by atoms with Crippen molar-refractivity contribution in [3.8, 4) is 5.75 Å². The zero-order valence-electron chi connectivity index (χ0n) is 15.9. The highest BCUT2D eigenvalue weighted by Crippen LogP contribution is 2.17. The second-order valence-electron chi connectivity index (χ2n) is 7.50. The third kappa shape index (κ3) is 6.47. The lowest BCUT2D eigenvalue weighted by Crippen LogP contribution is -2.49. The predicted octanol–water partition coefficient (Wildman–Crippen LogP) is 1.64. The number of carbonyl (C=O) groups excluding carboxylic acids is 3. The van der Waals surface area contributed by atoms with Gasteiger partial charge in [0.2, 0.25) is 5.91 Å². The Morgan fingerprint density at radius 3 is 2.41 bits per heavy atom. The molecule has 1 aliphatic heterocycles. The lowest BCUT2D eigenvalue weighted by molar-refractivity contribution is -0.131. The number of ether oxygens (including phenoxy) is 1. The maximum atomic E-state index is 12.2. The van der Waals surface area contributed by atoms with Crippen LogP contribution in [0.5, 0.6) is 5.75 Å². The van der Waals surface area contributed by atoms with Gasteiger partial charge in [-0.3, -0.25) is 9.59 Å². The summed E-state index contributed by atoms with van der Waals surface area (Å²) >= 11 is 0. The summed E-state index contributed by atoms with van der Waals surface area (Å²) in [5.41, 5.74) is -0.380. The summed E-state index contributed by atoms with van der Waals surface area (Å²) in [5.74, 6) is -0.577. The van der Waals surface area contributed by atoms with Gasteiger partial charge in [0, 0.05) is 19.1 Å². The van der Waals surface area contributed by atoms with Crippen LogP contribution in [-0.2, 0) is 9.53 Å². The summed E-state index contributed by atoms with van der Waals surface area (Å²) in [7, 11) is 0. The van der Waals surface area contributed by atoms with Crippen molar-refractivity contribution < 1.29 is 24.2 Å². The van der Waals surface area contributed by atoms with Gasteiger partial charge in [0.15, 0.2) is 0 Å². The van der Waals surface area contributed by atoms with E-state index in [0.29, 0.717) is 25.9 Å². The zero-order chi connectivity index (χ0) is 20.0. The molecule has 1 fully saturated rings. The smallest absolute Gasteiger partial charge is 0.408 e. The molecule has 0 aromatic heterocycles. The lowest BCUT2D eigenvalue weighted by atomic mass is 10.0. The maximum absolute atomic E-state index is 12.2. The van der Waals surface area contributed by atoms with Crippen molar-refractivity contribution >= 4 is 17.9 Å². The molecule has 27 heavy (non-hydrogen) atoms. The number of piperidine rings is 1. The third-order valence-electron chi connectivity index (χ3n) is 4.11. The molecule has 1 heterocycles. The highest BCUT2D eigenvalue weighted by atomic mass is 16.6. The molecule has 3 N–H and O–H groups in total. The molecule has 0 spiro atoms. The molecule has 3 amide bonds. The van der Waals surface area contributed by atoms with Crippen molar-refractivity contribution in [2.75, 3.05) is 19.6 Å². The van der Waals surface area contributed by atoms with Crippen LogP contribution in [0, 0.1) is 0 Å². The third-order valence-corrected chi connectivity index (χ3v) is 4.11. The number of nitrogens with one attached hydrogen (secondary N) is 2. The van der Waals surface area contributed by atoms with Crippen LogP contribution in [0.3, 0.4) is 0 Å². The predicted molar refractivity (Wildman–Crippen MR) is 99.4 cm³/mol. The van der Waals surface area contributed by atoms with E-state index in [2.05, 4.69) is 10.6 Å². The molecule has 8 nitrogen and oxygen atoms in total. The van der Waals surface area contributed by atoms with Gasteiger partial charge in [-0.05, 0) is 45.7 Å². The highest BCUT2D eigenvalue weighted by molar-refractivity contribution is 5.96. The average Bonchev–Trinajstić information content (AvgIpc) is 2.59. The minimum absolute atomic E-state index is 0.0594. The number of rotatable bonds is 4. The van der Waals surface area contributed by atoms with Crippen molar-refractivity contribution in [1.29, 1.82) is 0 Å². The summed E-state index contributed by atoms with van der Waals surface area (Å²) in [4.78, 5) is 37.7. The van der Waals surface area contributed by atoms with E-state index >= 15 is 0 Å². The van der Waals surface area contributed by atoms with E-state index in [9.17, 15) is 19.5 Å². The SMILES string of the molecule is CC(C)(C)OC(=O)NCC(=O)N1CCC(NC(=O)c2ccccc2O)CC1. The summed E-state index contributed by atoms with van der Waals surface area (Å²) in [5, 5.41) is 15.1. The largest absolute Gasteiger partial charge is 0.507 e. The molecule has 0 atom stereocenters. The number of hydrogen-bond donors (Lipinski definition) is 3. The fourth-order valence-corrected chi connectivity index (χ4v) is 2.78. The van der Waals surface area contributed by atoms with Crippen LogP contribution in [0.15, 0.2) is 24.3 Å². The van der Waals surface area contributed by atoms with E-state index in [1.807, 2.05) is 0 Å². The first kappa shape index (κ1) is 20.5. The van der Waals surface area contributed by atoms with E-state index < -0.39 is 11.7 Å². The molecule has 148 valence electrons. The second-order valence-corrected chi connectivity index (χ2v) is 7.50. The van der Waals surface area contributed by atoms with Gasteiger partial charge in [0.1, 0.15) is 17.9 Å². The minimum Gasteiger partial charge on any atom is -0.507 e. The van der Waals surface area contributed by atoms with E-state index in [0.717, 1.165) is 0 Å². The number of nitrogens with zero attached hydrogens (tertiary/aromatic N) is 1. The Morgan fingerprint density at radius 2 is 1.81 bits per heavy atom. The summed E-state index contributed by atoms with van der Waals surface area (Å²) in [6, 6.07) is 6.30. The van der Waals surface area contributed by atoms with Gasteiger partial charge < -0.3 is 25.4 Å². The normalized spacial score (nSPS) is 15.1. The number of hydrogen-bond acceptors (Lipinski definition) is 5. The Morgan fingerprint density at radius 1 is 1.19 bits per heavy atom. The Bertz CT molecular complexity index is 691. The van der Waals surface area contributed by atoms with Crippen LogP contribution < -0.4 is 10.6 Å². The molecule has 2 rings (SSSR count). The summed E-state index contributed by atoms with van der Waals surface area (Å²) in [6.07, 6.45) is 0.593. The molecular weight excluding hydrogens is 350 g/mol. The number of benzene rings is 1. The Labute approximate surface area is 158 Å². The Kier molecular flexibility index (Phi) is 6.65. The molecule has 1 aromatic carbocycles. The van der Waals surface area contributed by atoms with Crippen LogP contribution in [-0.4, -0.2) is 59.2 Å². The standard InChI is InChI=1S/C19H27N3O5/c1-19(2,3)27-18(26)20-12-16(24)22-10-8-13(9-11-22)21-17(25)14-6-4-5-7-15(14)23/h4-7,13,23H,8-12H2,1-3H3,(H,20,26)(H,21,25). The van der Waals surface area contributed by atoms with Crippen LogP contribution in [0.25, 0.3) is 0 Å². The lowest BCUT2D eigenvalue weighted by Gasteiger charge is -2.32. The molecular formula is C19H27N3O5. The molecule has 1 aliphatic rings. The number of amides is 3. The summed E-state index contributed by atoms with van der Waals surface area (Å²) in [6.45, 7) is 6.11. The van der Waals surface area contributed by atoms with Crippen LogP contribution in [0.1, 0.15) is 44.0 Å². The van der Waals surface area contributed by atoms with Gasteiger partial charge in [-0.2, -0.15) is 0 Å². The monoisotopic (exact) mass is 377 g/mol. The van der Waals surface area contributed by atoms with E-state index in [1.54, 1.807) is 43.9 Å². The quantitative estimate of drug-likeness (QED) is 0.739. The molecule has 0 radical (unpaired) electrons. The van der Waals surface area contributed by atoms with E-state index in [4.69, 9.17) is 4.74 Å². The number of phenols is 1. The number of aromatic hydroxyl groups is 1. The average molecular weight is 377 g/mol. The van der Waals surface area contributed by atoms with Crippen LogP contribution in [0.4, 0.5) is 4.79 Å². The second kappa shape index (κ2) is 8.75. The molecule has 1 aromatic rings. The van der Waals surface area contributed by atoms with Crippen molar-refractivity contribution in [2.45, 2.75) is 45.3 Å². The first-order chi connectivity index (χ1) is 12.7. The molecule has 0 aliphatic carbocycles. The number of para-hydroxylation sites is 1. The highest BCUT2D eigenvalue weighted by Gasteiger charge is 2.25. The Balaban J connectivity index is 1.75. The summed E-state index contributed by atoms with van der Waals surface area (Å²) < 4.78 is 5.10. The fourth-order valence-electron chi connectivity index (χ4n) is 2.78. The van der Waals surface area contributed by atoms with Crippen molar-refractivity contribution in [1.82, 2.24) is 15.5 Å². The van der Waals surface area contributed by atoms with Gasteiger partial charge >= 0.3 is 6.09 Å². The number of phenolic OH excluding ortho intramolecular Hbond substituents is 1. The maximum Gasteiger partial charge on any atom is 0.408 e. The molecule has 0 bridgehead atoms. The van der Waals surface area contributed by atoms with E-state index in [1.165, 1.54) is 6.07 Å². The molecule has 1 saturated heterocycles. The van der Waals surface area contributed by atoms with Crippen molar-refractivity contribution in [3.63, 3.8) is 0 Å². The van der Waals surface area contributed by atoms with E-state index in [-0.39, 0.29) is 35.7 Å².